The van der Waals surface area contributed by atoms with E-state index in [1.807, 2.05) is 0 Å². The van der Waals surface area contributed by atoms with Gasteiger partial charge in [0.25, 0.3) is 0 Å². The van der Waals surface area contributed by atoms with E-state index < -0.39 is 0 Å². The Labute approximate surface area is 114 Å². The van der Waals surface area contributed by atoms with Gasteiger partial charge in [0.05, 0.1) is 0 Å². The molecule has 0 N–H and O–H groups in total. The van der Waals surface area contributed by atoms with Gasteiger partial charge in [-0.05, 0) is 30.5 Å². The van der Waals surface area contributed by atoms with E-state index >= 15 is 0 Å². The Morgan fingerprint density at radius 3 is 2.53 bits per heavy atom. The summed E-state index contributed by atoms with van der Waals surface area (Å²) in [7, 11) is 0. The molecular formula is C17H19NO. The van der Waals surface area contributed by atoms with Crippen molar-refractivity contribution in [2.24, 2.45) is 0 Å². The predicted octanol–water partition coefficient (Wildman–Crippen LogP) is 3.57. The first-order valence-electron chi connectivity index (χ1n) is 6.99. The summed E-state index contributed by atoms with van der Waals surface area (Å²) in [5, 5.41) is 0. The lowest BCUT2D eigenvalue weighted by Crippen LogP contribution is -2.15. The highest BCUT2D eigenvalue weighted by molar-refractivity contribution is 5.23. The van der Waals surface area contributed by atoms with Crippen LogP contribution in [0.25, 0.3) is 0 Å². The zero-order valence-corrected chi connectivity index (χ0v) is 11.1. The quantitative estimate of drug-likeness (QED) is 0.834. The molecule has 0 spiro atoms. The lowest BCUT2D eigenvalue weighted by Gasteiger charge is -2.21. The van der Waals surface area contributed by atoms with Crippen molar-refractivity contribution in [3.05, 3.63) is 65.5 Å². The van der Waals surface area contributed by atoms with Gasteiger partial charge in [-0.2, -0.15) is 0 Å². The second kappa shape index (κ2) is 5.98. The van der Waals surface area contributed by atoms with Crippen LogP contribution in [-0.2, 0) is 11.2 Å². The van der Waals surface area contributed by atoms with Crippen LogP contribution in [0, 0.1) is 0 Å². The summed E-state index contributed by atoms with van der Waals surface area (Å²) in [6.45, 7) is 1.74. The highest BCUT2D eigenvalue weighted by Gasteiger charge is 2.17. The van der Waals surface area contributed by atoms with Crippen LogP contribution in [0.15, 0.2) is 48.5 Å². The lowest BCUT2D eigenvalue weighted by molar-refractivity contribution is 0.0845. The van der Waals surface area contributed by atoms with Crippen molar-refractivity contribution in [1.29, 1.82) is 0 Å². The standard InChI is InChI=1S/C17H19NO/c1-2-5-14(6-3-1)13-16-7-4-8-17(18-16)15-9-11-19-12-10-15/h1-8,15H,9-13H2. The van der Waals surface area contributed by atoms with Gasteiger partial charge in [0.2, 0.25) is 0 Å². The molecule has 3 rings (SSSR count). The average Bonchev–Trinajstić information content (AvgIpc) is 2.49. The third-order valence-corrected chi connectivity index (χ3v) is 3.70. The number of rotatable bonds is 3. The van der Waals surface area contributed by atoms with E-state index in [-0.39, 0.29) is 0 Å². The van der Waals surface area contributed by atoms with E-state index in [1.165, 1.54) is 11.3 Å². The molecular weight excluding hydrogens is 234 g/mol. The summed E-state index contributed by atoms with van der Waals surface area (Å²) < 4.78 is 5.42. The summed E-state index contributed by atoms with van der Waals surface area (Å²) in [6, 6.07) is 16.9. The van der Waals surface area contributed by atoms with Crippen LogP contribution in [0.3, 0.4) is 0 Å². The maximum absolute atomic E-state index is 5.42. The van der Waals surface area contributed by atoms with Crippen molar-refractivity contribution in [2.75, 3.05) is 13.2 Å². The monoisotopic (exact) mass is 253 g/mol. The second-order valence-electron chi connectivity index (χ2n) is 5.10. The molecule has 0 bridgehead atoms. The van der Waals surface area contributed by atoms with Crippen LogP contribution in [-0.4, -0.2) is 18.2 Å². The molecule has 0 amide bonds. The summed E-state index contributed by atoms with van der Waals surface area (Å²) >= 11 is 0. The molecule has 1 saturated heterocycles. The minimum absolute atomic E-state index is 0.574. The third kappa shape index (κ3) is 3.21. The van der Waals surface area contributed by atoms with Crippen LogP contribution >= 0.6 is 0 Å². The molecule has 0 saturated carbocycles. The van der Waals surface area contributed by atoms with E-state index in [4.69, 9.17) is 9.72 Å². The zero-order valence-electron chi connectivity index (χ0n) is 11.1. The second-order valence-corrected chi connectivity index (χ2v) is 5.10. The number of nitrogens with zero attached hydrogens (tertiary/aromatic N) is 1. The Hall–Kier alpha value is -1.67. The van der Waals surface area contributed by atoms with Crippen LogP contribution in [0.2, 0.25) is 0 Å². The van der Waals surface area contributed by atoms with Crippen molar-refractivity contribution in [3.63, 3.8) is 0 Å². The first kappa shape index (κ1) is 12.4. The summed E-state index contributed by atoms with van der Waals surface area (Å²) in [5.41, 5.74) is 3.71. The van der Waals surface area contributed by atoms with E-state index in [0.717, 1.165) is 38.2 Å². The number of aromatic nitrogens is 1. The molecule has 0 radical (unpaired) electrons. The molecule has 2 aromatic rings. The largest absolute Gasteiger partial charge is 0.381 e. The molecule has 0 unspecified atom stereocenters. The van der Waals surface area contributed by atoms with Gasteiger partial charge in [0.1, 0.15) is 0 Å². The molecule has 1 aromatic heterocycles. The SMILES string of the molecule is c1ccc(Cc2cccc(C3CCOCC3)n2)cc1. The van der Waals surface area contributed by atoms with Gasteiger partial charge in [0, 0.05) is 36.9 Å². The molecule has 98 valence electrons. The van der Waals surface area contributed by atoms with E-state index in [0.29, 0.717) is 5.92 Å². The van der Waals surface area contributed by atoms with Crippen molar-refractivity contribution >= 4 is 0 Å². The molecule has 0 atom stereocenters. The summed E-state index contributed by atoms with van der Waals surface area (Å²) in [5.74, 6) is 0.574. The first-order chi connectivity index (χ1) is 9.42. The molecule has 1 fully saturated rings. The maximum Gasteiger partial charge on any atom is 0.0472 e. The first-order valence-corrected chi connectivity index (χ1v) is 6.99. The molecule has 1 aromatic carbocycles. The molecule has 19 heavy (non-hydrogen) atoms. The van der Waals surface area contributed by atoms with Gasteiger partial charge in [-0.25, -0.2) is 0 Å². The fourth-order valence-electron chi connectivity index (χ4n) is 2.62. The molecule has 0 aliphatic carbocycles. The number of hydrogen-bond donors (Lipinski definition) is 0. The Morgan fingerprint density at radius 1 is 0.947 bits per heavy atom. The highest BCUT2D eigenvalue weighted by atomic mass is 16.5. The molecule has 1 aliphatic heterocycles. The minimum Gasteiger partial charge on any atom is -0.381 e. The van der Waals surface area contributed by atoms with Crippen LogP contribution in [0.4, 0.5) is 0 Å². The average molecular weight is 253 g/mol. The van der Waals surface area contributed by atoms with E-state index in [2.05, 4.69) is 48.5 Å². The molecule has 2 heterocycles. The normalized spacial score (nSPS) is 16.4. The van der Waals surface area contributed by atoms with E-state index in [9.17, 15) is 0 Å². The zero-order chi connectivity index (χ0) is 12.9. The Kier molecular flexibility index (Phi) is 3.89. The van der Waals surface area contributed by atoms with E-state index in [1.54, 1.807) is 0 Å². The van der Waals surface area contributed by atoms with Gasteiger partial charge in [-0.3, -0.25) is 4.98 Å². The predicted molar refractivity (Wildman–Crippen MR) is 76.3 cm³/mol. The van der Waals surface area contributed by atoms with Gasteiger partial charge in [-0.15, -0.1) is 0 Å². The fraction of sp³-hybridized carbons (Fsp3) is 0.353. The number of ether oxygens (including phenoxy) is 1. The van der Waals surface area contributed by atoms with Crippen molar-refractivity contribution in [2.45, 2.75) is 25.2 Å². The van der Waals surface area contributed by atoms with Gasteiger partial charge in [-0.1, -0.05) is 36.4 Å². The molecule has 2 nitrogen and oxygen atoms in total. The van der Waals surface area contributed by atoms with Crippen LogP contribution < -0.4 is 0 Å². The lowest BCUT2D eigenvalue weighted by atomic mass is 9.95. The van der Waals surface area contributed by atoms with Gasteiger partial charge >= 0.3 is 0 Å². The number of benzene rings is 1. The van der Waals surface area contributed by atoms with Crippen molar-refractivity contribution in [3.8, 4) is 0 Å². The number of pyridine rings is 1. The topological polar surface area (TPSA) is 22.1 Å². The Balaban J connectivity index is 1.76. The minimum atomic E-state index is 0.574. The van der Waals surface area contributed by atoms with Crippen molar-refractivity contribution < 1.29 is 4.74 Å². The highest BCUT2D eigenvalue weighted by Crippen LogP contribution is 2.25. The van der Waals surface area contributed by atoms with Gasteiger partial charge < -0.3 is 4.74 Å². The van der Waals surface area contributed by atoms with Crippen LogP contribution in [0.5, 0.6) is 0 Å². The molecule has 1 aliphatic rings. The van der Waals surface area contributed by atoms with Gasteiger partial charge in [0.15, 0.2) is 0 Å². The smallest absolute Gasteiger partial charge is 0.0472 e. The summed E-state index contributed by atoms with van der Waals surface area (Å²) in [4.78, 5) is 4.84. The fourth-order valence-corrected chi connectivity index (χ4v) is 2.62. The molecule has 2 heteroatoms. The third-order valence-electron chi connectivity index (χ3n) is 3.70. The Bertz CT molecular complexity index is 518. The number of hydrogen-bond acceptors (Lipinski definition) is 2. The summed E-state index contributed by atoms with van der Waals surface area (Å²) in [6.07, 6.45) is 3.11. The maximum atomic E-state index is 5.42. The van der Waals surface area contributed by atoms with Crippen LogP contribution in [0.1, 0.15) is 35.7 Å². The van der Waals surface area contributed by atoms with Crippen molar-refractivity contribution in [1.82, 2.24) is 4.98 Å². The Morgan fingerprint density at radius 2 is 1.74 bits per heavy atom.